The predicted octanol–water partition coefficient (Wildman–Crippen LogP) is 5.26. The highest BCUT2D eigenvalue weighted by atomic mass is 19.4. The summed E-state index contributed by atoms with van der Waals surface area (Å²) in [5, 5.41) is 4.03. The van der Waals surface area contributed by atoms with Crippen molar-refractivity contribution in [3.05, 3.63) is 71.0 Å². The number of fused-ring (bicyclic) bond motifs is 1. The summed E-state index contributed by atoms with van der Waals surface area (Å²) in [7, 11) is 0. The van der Waals surface area contributed by atoms with Crippen LogP contribution < -0.4 is 4.90 Å². The van der Waals surface area contributed by atoms with Crippen LogP contribution in [0.4, 0.5) is 18.9 Å². The third-order valence-corrected chi connectivity index (χ3v) is 4.89. The number of aromatic nitrogens is 1. The Morgan fingerprint density at radius 3 is 2.61 bits per heavy atom. The van der Waals surface area contributed by atoms with E-state index in [1.165, 1.54) is 11.0 Å². The molecule has 1 amide bonds. The molecule has 0 radical (unpaired) electrons. The van der Waals surface area contributed by atoms with Gasteiger partial charge in [0.05, 0.1) is 5.56 Å². The summed E-state index contributed by atoms with van der Waals surface area (Å²) in [6.07, 6.45) is -3.32. The van der Waals surface area contributed by atoms with Crippen LogP contribution in [0.15, 0.2) is 53.1 Å². The second-order valence-electron chi connectivity index (χ2n) is 6.73. The molecule has 0 unspecified atom stereocenters. The van der Waals surface area contributed by atoms with Gasteiger partial charge in [0.1, 0.15) is 17.0 Å². The Labute approximate surface area is 159 Å². The third-order valence-electron chi connectivity index (χ3n) is 4.89. The van der Waals surface area contributed by atoms with Gasteiger partial charge in [-0.3, -0.25) is 4.79 Å². The van der Waals surface area contributed by atoms with Crippen LogP contribution in [0.5, 0.6) is 0 Å². The van der Waals surface area contributed by atoms with E-state index in [4.69, 9.17) is 4.52 Å². The lowest BCUT2D eigenvalue weighted by Gasteiger charge is -2.30. The lowest BCUT2D eigenvalue weighted by Crippen LogP contribution is -2.36. The highest BCUT2D eigenvalue weighted by Crippen LogP contribution is 2.36. The van der Waals surface area contributed by atoms with Gasteiger partial charge in [-0.25, -0.2) is 0 Å². The number of carbonyl (C=O) groups is 1. The highest BCUT2D eigenvalue weighted by molar-refractivity contribution is 6.10. The molecule has 4 nitrogen and oxygen atoms in total. The van der Waals surface area contributed by atoms with Gasteiger partial charge in [0.2, 0.25) is 0 Å². The number of anilines is 1. The zero-order valence-corrected chi connectivity index (χ0v) is 15.1. The maximum absolute atomic E-state index is 13.3. The number of hydrogen-bond acceptors (Lipinski definition) is 3. The molecular weight excluding hydrogens is 369 g/mol. The molecule has 2 aromatic carbocycles. The van der Waals surface area contributed by atoms with Gasteiger partial charge >= 0.3 is 6.18 Å². The lowest BCUT2D eigenvalue weighted by atomic mass is 9.97. The van der Waals surface area contributed by atoms with Crippen molar-refractivity contribution in [2.24, 2.45) is 0 Å². The second-order valence-corrected chi connectivity index (χ2v) is 6.73. The van der Waals surface area contributed by atoms with Crippen molar-refractivity contribution >= 4 is 11.6 Å². The average Bonchev–Trinajstić information content (AvgIpc) is 3.08. The van der Waals surface area contributed by atoms with Crippen molar-refractivity contribution in [2.75, 3.05) is 11.4 Å². The number of carbonyl (C=O) groups excluding carboxylic acids is 1. The summed E-state index contributed by atoms with van der Waals surface area (Å²) in [6, 6.07) is 12.7. The number of alkyl halides is 3. The Hall–Kier alpha value is -3.09. The molecule has 0 fully saturated rings. The molecule has 144 valence electrons. The Balaban J connectivity index is 1.75. The minimum atomic E-state index is -4.41. The van der Waals surface area contributed by atoms with Crippen LogP contribution in [-0.2, 0) is 12.6 Å². The molecule has 1 aromatic heterocycles. The monoisotopic (exact) mass is 386 g/mol. The van der Waals surface area contributed by atoms with E-state index in [9.17, 15) is 18.0 Å². The van der Waals surface area contributed by atoms with E-state index in [1.54, 1.807) is 6.92 Å². The Morgan fingerprint density at radius 1 is 1.14 bits per heavy atom. The van der Waals surface area contributed by atoms with Crippen molar-refractivity contribution in [2.45, 2.75) is 25.9 Å². The molecule has 0 N–H and O–H groups in total. The van der Waals surface area contributed by atoms with Crippen molar-refractivity contribution in [3.8, 4) is 11.3 Å². The molecule has 0 saturated carbocycles. The van der Waals surface area contributed by atoms with Gasteiger partial charge < -0.3 is 9.42 Å². The molecule has 0 saturated heterocycles. The van der Waals surface area contributed by atoms with Crippen LogP contribution in [0.1, 0.15) is 33.7 Å². The molecule has 28 heavy (non-hydrogen) atoms. The first-order chi connectivity index (χ1) is 13.4. The minimum absolute atomic E-state index is 0.321. The zero-order chi connectivity index (χ0) is 19.9. The smallest absolute Gasteiger partial charge is 0.360 e. The SMILES string of the molecule is Cc1onc(-c2ccccc2)c1C(=O)N1CCCc2cc(C(F)(F)F)ccc21. The van der Waals surface area contributed by atoms with Crippen LogP contribution in [0.25, 0.3) is 11.3 Å². The number of aryl methyl sites for hydroxylation is 2. The van der Waals surface area contributed by atoms with Crippen molar-refractivity contribution in [1.29, 1.82) is 0 Å². The summed E-state index contributed by atoms with van der Waals surface area (Å²) in [5.41, 5.74) is 1.83. The van der Waals surface area contributed by atoms with Crippen LogP contribution >= 0.6 is 0 Å². The molecule has 7 heteroatoms. The number of halogens is 3. The summed E-state index contributed by atoms with van der Waals surface area (Å²) in [4.78, 5) is 14.8. The summed E-state index contributed by atoms with van der Waals surface area (Å²) in [6.45, 7) is 2.08. The van der Waals surface area contributed by atoms with E-state index < -0.39 is 11.7 Å². The average molecular weight is 386 g/mol. The molecule has 2 heterocycles. The van der Waals surface area contributed by atoms with Gasteiger partial charge in [0.25, 0.3) is 5.91 Å². The van der Waals surface area contributed by atoms with Gasteiger partial charge in [-0.05, 0) is 43.5 Å². The molecular formula is C21H17F3N2O2. The maximum Gasteiger partial charge on any atom is 0.416 e. The van der Waals surface area contributed by atoms with Crippen molar-refractivity contribution < 1.29 is 22.5 Å². The quantitative estimate of drug-likeness (QED) is 0.603. The highest BCUT2D eigenvalue weighted by Gasteiger charge is 2.34. The summed E-state index contributed by atoms with van der Waals surface area (Å²) >= 11 is 0. The topological polar surface area (TPSA) is 46.3 Å². The molecule has 4 rings (SSSR count). The minimum Gasteiger partial charge on any atom is -0.360 e. The largest absolute Gasteiger partial charge is 0.416 e. The van der Waals surface area contributed by atoms with E-state index in [0.717, 1.165) is 17.7 Å². The van der Waals surface area contributed by atoms with E-state index in [-0.39, 0.29) is 5.91 Å². The fourth-order valence-corrected chi connectivity index (χ4v) is 3.54. The van der Waals surface area contributed by atoms with E-state index in [2.05, 4.69) is 5.16 Å². The molecule has 0 atom stereocenters. The molecule has 0 spiro atoms. The number of benzene rings is 2. The second kappa shape index (κ2) is 6.82. The zero-order valence-electron chi connectivity index (χ0n) is 15.1. The fourth-order valence-electron chi connectivity index (χ4n) is 3.54. The lowest BCUT2D eigenvalue weighted by molar-refractivity contribution is -0.137. The predicted molar refractivity (Wildman–Crippen MR) is 98.1 cm³/mol. The first-order valence-corrected chi connectivity index (χ1v) is 8.90. The standard InChI is InChI=1S/C21H17F3N2O2/c1-13-18(19(25-28-13)14-6-3-2-4-7-14)20(27)26-11-5-8-15-12-16(21(22,23)24)9-10-17(15)26/h2-4,6-7,9-10,12H,5,8,11H2,1H3. The normalized spacial score (nSPS) is 14.1. The summed E-state index contributed by atoms with van der Waals surface area (Å²) in [5.74, 6) is 0.0567. The van der Waals surface area contributed by atoms with Crippen LogP contribution in [0.2, 0.25) is 0 Å². The molecule has 0 aliphatic carbocycles. The van der Waals surface area contributed by atoms with Gasteiger partial charge in [0, 0.05) is 17.8 Å². The number of amides is 1. The van der Waals surface area contributed by atoms with E-state index >= 15 is 0 Å². The third kappa shape index (κ3) is 3.17. The number of nitrogens with zero attached hydrogens (tertiary/aromatic N) is 2. The molecule has 1 aliphatic heterocycles. The van der Waals surface area contributed by atoms with Crippen LogP contribution in [0, 0.1) is 6.92 Å². The number of rotatable bonds is 2. The Kier molecular flexibility index (Phi) is 4.45. The van der Waals surface area contributed by atoms with Gasteiger partial charge in [-0.2, -0.15) is 13.2 Å². The van der Waals surface area contributed by atoms with Crippen molar-refractivity contribution in [1.82, 2.24) is 5.16 Å². The first kappa shape index (κ1) is 18.3. The van der Waals surface area contributed by atoms with E-state index in [1.807, 2.05) is 30.3 Å². The first-order valence-electron chi connectivity index (χ1n) is 8.90. The van der Waals surface area contributed by atoms with Crippen LogP contribution in [-0.4, -0.2) is 17.6 Å². The van der Waals surface area contributed by atoms with Gasteiger partial charge in [0.15, 0.2) is 0 Å². The molecule has 3 aromatic rings. The fraction of sp³-hybridized carbons (Fsp3) is 0.238. The maximum atomic E-state index is 13.3. The van der Waals surface area contributed by atoms with Gasteiger partial charge in [-0.1, -0.05) is 35.5 Å². The Bertz CT molecular complexity index is 1030. The molecule has 1 aliphatic rings. The van der Waals surface area contributed by atoms with Crippen molar-refractivity contribution in [3.63, 3.8) is 0 Å². The Morgan fingerprint density at radius 2 is 1.89 bits per heavy atom. The molecule has 0 bridgehead atoms. The van der Waals surface area contributed by atoms with Crippen LogP contribution in [0.3, 0.4) is 0 Å². The van der Waals surface area contributed by atoms with Gasteiger partial charge in [-0.15, -0.1) is 0 Å². The summed E-state index contributed by atoms with van der Waals surface area (Å²) < 4.78 is 44.4. The number of hydrogen-bond donors (Lipinski definition) is 0. The van der Waals surface area contributed by atoms with E-state index in [0.29, 0.717) is 47.7 Å².